The van der Waals surface area contributed by atoms with Gasteiger partial charge in [-0.15, -0.1) is 0 Å². The van der Waals surface area contributed by atoms with Crippen molar-refractivity contribution in [3.8, 4) is 11.1 Å². The van der Waals surface area contributed by atoms with Crippen LogP contribution in [0.15, 0.2) is 48.5 Å². The van der Waals surface area contributed by atoms with Crippen molar-refractivity contribution >= 4 is 0 Å². The van der Waals surface area contributed by atoms with Crippen LogP contribution in [0, 0.1) is 11.3 Å². The molecule has 0 radical (unpaired) electrons. The molecule has 2 aliphatic rings. The van der Waals surface area contributed by atoms with Gasteiger partial charge in [-0.2, -0.15) is 0 Å². The van der Waals surface area contributed by atoms with Gasteiger partial charge in [-0.1, -0.05) is 121 Å². The van der Waals surface area contributed by atoms with Crippen LogP contribution in [-0.4, -0.2) is 0 Å². The van der Waals surface area contributed by atoms with Gasteiger partial charge in [0.25, 0.3) is 0 Å². The molecule has 0 atom stereocenters. The Balaban J connectivity index is 1.24. The molecule has 0 heterocycles. The monoisotopic (exact) mass is 486 g/mol. The highest BCUT2D eigenvalue weighted by Crippen LogP contribution is 2.46. The van der Waals surface area contributed by atoms with E-state index in [0.29, 0.717) is 5.41 Å². The molecule has 2 saturated carbocycles. The molecule has 0 aromatic heterocycles. The van der Waals surface area contributed by atoms with Gasteiger partial charge in [-0.3, -0.25) is 0 Å². The molecule has 198 valence electrons. The fourth-order valence-corrected chi connectivity index (χ4v) is 7.22. The van der Waals surface area contributed by atoms with Crippen LogP contribution < -0.4 is 0 Å². The van der Waals surface area contributed by atoms with Gasteiger partial charge in [-0.25, -0.2) is 0 Å². The van der Waals surface area contributed by atoms with Gasteiger partial charge in [0.05, 0.1) is 0 Å². The molecule has 0 spiro atoms. The largest absolute Gasteiger partial charge is 0.0654 e. The highest BCUT2D eigenvalue weighted by Gasteiger charge is 2.31. The topological polar surface area (TPSA) is 0 Å². The first-order valence-electron chi connectivity index (χ1n) is 15.8. The Morgan fingerprint density at radius 2 is 1.08 bits per heavy atom. The minimum absolute atomic E-state index is 0.599. The van der Waals surface area contributed by atoms with Crippen molar-refractivity contribution in [1.82, 2.24) is 0 Å². The minimum Gasteiger partial charge on any atom is -0.0654 e. The van der Waals surface area contributed by atoms with E-state index >= 15 is 0 Å². The van der Waals surface area contributed by atoms with E-state index in [0.717, 1.165) is 17.8 Å². The first-order valence-corrected chi connectivity index (χ1v) is 15.8. The summed E-state index contributed by atoms with van der Waals surface area (Å²) in [6, 6.07) is 19.2. The van der Waals surface area contributed by atoms with Crippen LogP contribution in [-0.2, 0) is 0 Å². The van der Waals surface area contributed by atoms with Crippen LogP contribution in [0.5, 0.6) is 0 Å². The Kier molecular flexibility index (Phi) is 10.6. The summed E-state index contributed by atoms with van der Waals surface area (Å²) in [6.07, 6.45) is 24.0. The molecular formula is C36H54. The molecule has 0 N–H and O–H groups in total. The molecule has 0 nitrogen and oxygen atoms in total. The van der Waals surface area contributed by atoms with Gasteiger partial charge in [0.1, 0.15) is 0 Å². The van der Waals surface area contributed by atoms with Crippen molar-refractivity contribution in [1.29, 1.82) is 0 Å². The van der Waals surface area contributed by atoms with Crippen LogP contribution in [0.2, 0.25) is 0 Å². The lowest BCUT2D eigenvalue weighted by Gasteiger charge is -2.37. The van der Waals surface area contributed by atoms with Crippen LogP contribution in [0.3, 0.4) is 0 Å². The van der Waals surface area contributed by atoms with E-state index in [4.69, 9.17) is 0 Å². The average Bonchev–Trinajstić information content (AvgIpc) is 2.93. The number of hydrogen-bond acceptors (Lipinski definition) is 0. The summed E-state index contributed by atoms with van der Waals surface area (Å²) >= 11 is 0. The van der Waals surface area contributed by atoms with E-state index < -0.39 is 0 Å². The smallest absolute Gasteiger partial charge is 0.0162 e. The molecule has 2 aromatic carbocycles. The summed E-state index contributed by atoms with van der Waals surface area (Å²) in [6.45, 7) is 7.17. The second-order valence-electron chi connectivity index (χ2n) is 12.9. The second-order valence-corrected chi connectivity index (χ2v) is 12.9. The van der Waals surface area contributed by atoms with E-state index in [-0.39, 0.29) is 0 Å². The average molecular weight is 487 g/mol. The van der Waals surface area contributed by atoms with E-state index in [1.165, 1.54) is 120 Å². The normalized spacial score (nSPS) is 26.7. The fourth-order valence-electron chi connectivity index (χ4n) is 7.22. The summed E-state index contributed by atoms with van der Waals surface area (Å²) in [5, 5.41) is 0. The van der Waals surface area contributed by atoms with E-state index in [1.54, 1.807) is 11.1 Å². The van der Waals surface area contributed by atoms with Gasteiger partial charge in [0, 0.05) is 0 Å². The lowest BCUT2D eigenvalue weighted by atomic mass is 9.68. The van der Waals surface area contributed by atoms with Gasteiger partial charge in [0.2, 0.25) is 0 Å². The molecule has 2 fully saturated rings. The molecule has 2 aromatic rings. The van der Waals surface area contributed by atoms with Crippen molar-refractivity contribution < 1.29 is 0 Å². The van der Waals surface area contributed by atoms with Gasteiger partial charge in [0.15, 0.2) is 0 Å². The predicted molar refractivity (Wildman–Crippen MR) is 159 cm³/mol. The first-order chi connectivity index (χ1) is 17.6. The van der Waals surface area contributed by atoms with Gasteiger partial charge in [-0.05, 0) is 103 Å². The number of hydrogen-bond donors (Lipinski definition) is 0. The van der Waals surface area contributed by atoms with Crippen molar-refractivity contribution in [2.75, 3.05) is 0 Å². The zero-order valence-electron chi connectivity index (χ0n) is 23.9. The van der Waals surface area contributed by atoms with E-state index in [1.807, 2.05) is 0 Å². The number of unbranched alkanes of at least 4 members (excludes halogenated alkanes) is 5. The Morgan fingerprint density at radius 1 is 0.583 bits per heavy atom. The van der Waals surface area contributed by atoms with Crippen LogP contribution >= 0.6 is 0 Å². The van der Waals surface area contributed by atoms with Crippen molar-refractivity contribution in [3.05, 3.63) is 59.7 Å². The van der Waals surface area contributed by atoms with Crippen LogP contribution in [0.25, 0.3) is 11.1 Å². The van der Waals surface area contributed by atoms with Crippen molar-refractivity contribution in [3.63, 3.8) is 0 Å². The maximum Gasteiger partial charge on any atom is -0.0162 e. The zero-order chi connectivity index (χ0) is 25.2. The third-order valence-corrected chi connectivity index (χ3v) is 9.99. The summed E-state index contributed by atoms with van der Waals surface area (Å²) in [7, 11) is 0. The van der Waals surface area contributed by atoms with E-state index in [9.17, 15) is 0 Å². The molecule has 2 aliphatic carbocycles. The number of benzene rings is 2. The van der Waals surface area contributed by atoms with Crippen molar-refractivity contribution in [2.24, 2.45) is 11.3 Å². The lowest BCUT2D eigenvalue weighted by molar-refractivity contribution is 0.179. The van der Waals surface area contributed by atoms with Crippen molar-refractivity contribution in [2.45, 2.75) is 142 Å². The standard InChI is InChI=1S/C36H54/c1-4-6-8-9-10-11-29-12-14-30(15-13-29)31-16-18-32(19-17-31)33-20-22-34(23-21-33)35-24-27-36(3,28-25-35)26-7-5-2/h16-23,29-30,35H,4-15,24-28H2,1-3H3. The third kappa shape index (κ3) is 7.72. The Morgan fingerprint density at radius 3 is 1.61 bits per heavy atom. The molecule has 4 rings (SSSR count). The summed E-state index contributed by atoms with van der Waals surface area (Å²) in [4.78, 5) is 0. The quantitative estimate of drug-likeness (QED) is 0.262. The summed E-state index contributed by atoms with van der Waals surface area (Å²) in [5.74, 6) is 2.55. The molecular weight excluding hydrogens is 432 g/mol. The highest BCUT2D eigenvalue weighted by molar-refractivity contribution is 5.64. The molecule has 0 aliphatic heterocycles. The molecule has 0 heteroatoms. The Hall–Kier alpha value is -1.56. The lowest BCUT2D eigenvalue weighted by Crippen LogP contribution is -2.23. The first kappa shape index (κ1) is 27.5. The minimum atomic E-state index is 0.599. The molecule has 36 heavy (non-hydrogen) atoms. The van der Waals surface area contributed by atoms with Crippen LogP contribution in [0.4, 0.5) is 0 Å². The fraction of sp³-hybridized carbons (Fsp3) is 0.667. The Labute approximate surface area is 223 Å². The summed E-state index contributed by atoms with van der Waals surface area (Å²) < 4.78 is 0. The zero-order valence-corrected chi connectivity index (χ0v) is 23.9. The second kappa shape index (κ2) is 13.8. The third-order valence-electron chi connectivity index (χ3n) is 9.99. The molecule has 0 saturated heterocycles. The highest BCUT2D eigenvalue weighted by atomic mass is 14.4. The van der Waals surface area contributed by atoms with Gasteiger partial charge < -0.3 is 0 Å². The molecule has 0 unspecified atom stereocenters. The van der Waals surface area contributed by atoms with Crippen LogP contribution in [0.1, 0.15) is 153 Å². The number of rotatable bonds is 12. The molecule has 0 bridgehead atoms. The maximum absolute atomic E-state index is 2.53. The molecule has 0 amide bonds. The predicted octanol–water partition coefficient (Wildman–Crippen LogP) is 11.8. The van der Waals surface area contributed by atoms with E-state index in [2.05, 4.69) is 69.3 Å². The van der Waals surface area contributed by atoms with Gasteiger partial charge >= 0.3 is 0 Å². The Bertz CT molecular complexity index is 857. The maximum atomic E-state index is 2.53. The SMILES string of the molecule is CCCCCCCC1CCC(c2ccc(-c3ccc(C4CCC(C)(CCCC)CC4)cc3)cc2)CC1. The summed E-state index contributed by atoms with van der Waals surface area (Å²) in [5.41, 5.74) is 6.49.